The summed E-state index contributed by atoms with van der Waals surface area (Å²) in [5.74, 6) is -0.105. The molecule has 1 rings (SSSR count). The molecule has 16 heavy (non-hydrogen) atoms. The van der Waals surface area contributed by atoms with E-state index in [4.69, 9.17) is 26.4 Å². The third-order valence-corrected chi connectivity index (χ3v) is 2.70. The molecular formula is C11H18O4S. The van der Waals surface area contributed by atoms with E-state index in [1.54, 1.807) is 0 Å². The van der Waals surface area contributed by atoms with E-state index < -0.39 is 0 Å². The first-order chi connectivity index (χ1) is 7.70. The lowest BCUT2D eigenvalue weighted by Gasteiger charge is -2.22. The van der Waals surface area contributed by atoms with Gasteiger partial charge < -0.3 is 14.2 Å². The van der Waals surface area contributed by atoms with E-state index in [9.17, 15) is 4.79 Å². The van der Waals surface area contributed by atoms with Crippen molar-refractivity contribution in [3.8, 4) is 0 Å². The van der Waals surface area contributed by atoms with Crippen LogP contribution in [-0.4, -0.2) is 43.4 Å². The summed E-state index contributed by atoms with van der Waals surface area (Å²) in [7, 11) is 0. The van der Waals surface area contributed by atoms with Gasteiger partial charge in [0.25, 0.3) is 0 Å². The van der Waals surface area contributed by atoms with E-state index in [2.05, 4.69) is 0 Å². The summed E-state index contributed by atoms with van der Waals surface area (Å²) in [5.41, 5.74) is 0. The Balaban J connectivity index is 1.95. The van der Waals surface area contributed by atoms with Crippen molar-refractivity contribution >= 4 is 22.9 Å². The third-order valence-electron chi connectivity index (χ3n) is 2.30. The molecule has 0 saturated carbocycles. The van der Waals surface area contributed by atoms with E-state index in [-0.39, 0.29) is 18.7 Å². The van der Waals surface area contributed by atoms with Crippen molar-refractivity contribution in [2.75, 3.05) is 26.4 Å². The van der Waals surface area contributed by atoms with Crippen LogP contribution in [0.1, 0.15) is 26.2 Å². The Morgan fingerprint density at radius 1 is 1.44 bits per heavy atom. The standard InChI is InChI=1S/C11H18O4S/c1-9(12)10(16)8-13-6-7-15-11-4-2-3-5-14-11/h11H,2-8H2,1H3. The maximum Gasteiger partial charge on any atom is 0.168 e. The zero-order valence-corrected chi connectivity index (χ0v) is 10.4. The van der Waals surface area contributed by atoms with Gasteiger partial charge in [-0.2, -0.15) is 0 Å². The van der Waals surface area contributed by atoms with E-state index in [1.165, 1.54) is 6.92 Å². The molecule has 1 heterocycles. The molecule has 5 heteroatoms. The van der Waals surface area contributed by atoms with Gasteiger partial charge in [0.15, 0.2) is 12.1 Å². The van der Waals surface area contributed by atoms with Gasteiger partial charge in [0, 0.05) is 6.61 Å². The van der Waals surface area contributed by atoms with Crippen molar-refractivity contribution in [1.82, 2.24) is 0 Å². The quantitative estimate of drug-likeness (QED) is 0.503. The van der Waals surface area contributed by atoms with Crippen molar-refractivity contribution in [3.63, 3.8) is 0 Å². The van der Waals surface area contributed by atoms with Crippen LogP contribution in [-0.2, 0) is 19.0 Å². The summed E-state index contributed by atoms with van der Waals surface area (Å²) in [6, 6.07) is 0. The molecule has 0 radical (unpaired) electrons. The predicted octanol–water partition coefficient (Wildman–Crippen LogP) is 1.51. The van der Waals surface area contributed by atoms with Crippen LogP contribution in [0.4, 0.5) is 0 Å². The van der Waals surface area contributed by atoms with Crippen LogP contribution in [0, 0.1) is 0 Å². The molecule has 1 atom stereocenters. The maximum atomic E-state index is 10.8. The minimum absolute atomic E-state index is 0.0860. The summed E-state index contributed by atoms with van der Waals surface area (Å²) in [5, 5.41) is 0. The Labute approximate surface area is 101 Å². The van der Waals surface area contributed by atoms with Crippen LogP contribution < -0.4 is 0 Å². The zero-order chi connectivity index (χ0) is 11.8. The molecule has 0 aliphatic carbocycles. The highest BCUT2D eigenvalue weighted by molar-refractivity contribution is 7.82. The smallest absolute Gasteiger partial charge is 0.168 e. The van der Waals surface area contributed by atoms with E-state index in [0.717, 1.165) is 25.9 Å². The molecule has 0 aromatic rings. The molecule has 0 amide bonds. The Bertz CT molecular complexity index is 236. The summed E-state index contributed by atoms with van der Waals surface area (Å²) in [4.78, 5) is 11.1. The first-order valence-electron chi connectivity index (χ1n) is 5.55. The highest BCUT2D eigenvalue weighted by atomic mass is 32.1. The molecule has 1 aliphatic heterocycles. The number of hydrogen-bond acceptors (Lipinski definition) is 5. The van der Waals surface area contributed by atoms with Gasteiger partial charge >= 0.3 is 0 Å². The van der Waals surface area contributed by atoms with Gasteiger partial charge in [-0.3, -0.25) is 4.79 Å². The van der Waals surface area contributed by atoms with Crippen LogP contribution in [0.5, 0.6) is 0 Å². The second-order valence-electron chi connectivity index (χ2n) is 3.70. The maximum absolute atomic E-state index is 10.8. The molecule has 0 bridgehead atoms. The SMILES string of the molecule is CC(=O)C(=S)COCCOC1CCCCO1. The second kappa shape index (κ2) is 7.84. The number of ketones is 1. The average molecular weight is 246 g/mol. The van der Waals surface area contributed by atoms with Gasteiger partial charge in [0.1, 0.15) is 0 Å². The lowest BCUT2D eigenvalue weighted by molar-refractivity contribution is -0.168. The number of carbonyl (C=O) groups is 1. The molecule has 1 saturated heterocycles. The molecule has 1 fully saturated rings. The molecule has 1 unspecified atom stereocenters. The number of hydrogen-bond donors (Lipinski definition) is 0. The van der Waals surface area contributed by atoms with Crippen LogP contribution in [0.15, 0.2) is 0 Å². The van der Waals surface area contributed by atoms with Gasteiger partial charge in [-0.25, -0.2) is 0 Å². The molecule has 0 spiro atoms. The monoisotopic (exact) mass is 246 g/mol. The fourth-order valence-electron chi connectivity index (χ4n) is 1.35. The van der Waals surface area contributed by atoms with Crippen LogP contribution in [0.3, 0.4) is 0 Å². The fraction of sp³-hybridized carbons (Fsp3) is 0.818. The minimum Gasteiger partial charge on any atom is -0.373 e. The van der Waals surface area contributed by atoms with Gasteiger partial charge in [-0.15, -0.1) is 0 Å². The Kier molecular flexibility index (Phi) is 6.71. The lowest BCUT2D eigenvalue weighted by atomic mass is 10.2. The van der Waals surface area contributed by atoms with Crippen molar-refractivity contribution < 1.29 is 19.0 Å². The van der Waals surface area contributed by atoms with E-state index in [0.29, 0.717) is 18.1 Å². The first-order valence-corrected chi connectivity index (χ1v) is 5.95. The van der Waals surface area contributed by atoms with Crippen LogP contribution >= 0.6 is 12.2 Å². The lowest BCUT2D eigenvalue weighted by Crippen LogP contribution is -2.24. The number of ether oxygens (including phenoxy) is 3. The van der Waals surface area contributed by atoms with Gasteiger partial charge in [-0.1, -0.05) is 12.2 Å². The zero-order valence-electron chi connectivity index (χ0n) is 9.57. The first kappa shape index (κ1) is 13.7. The van der Waals surface area contributed by atoms with Gasteiger partial charge in [0.05, 0.1) is 24.7 Å². The van der Waals surface area contributed by atoms with Gasteiger partial charge in [-0.05, 0) is 26.2 Å². The van der Waals surface area contributed by atoms with Crippen molar-refractivity contribution in [3.05, 3.63) is 0 Å². The van der Waals surface area contributed by atoms with Crippen molar-refractivity contribution in [2.24, 2.45) is 0 Å². The molecule has 0 aromatic heterocycles. The Hall–Kier alpha value is -0.360. The summed E-state index contributed by atoms with van der Waals surface area (Å²) < 4.78 is 16.0. The highest BCUT2D eigenvalue weighted by Gasteiger charge is 2.13. The second-order valence-corrected chi connectivity index (χ2v) is 4.19. The summed E-state index contributed by atoms with van der Waals surface area (Å²) >= 11 is 4.81. The number of carbonyl (C=O) groups excluding carboxylic acids is 1. The fourth-order valence-corrected chi connectivity index (χ4v) is 1.43. The minimum atomic E-state index is -0.105. The molecular weight excluding hydrogens is 228 g/mol. The molecule has 1 aliphatic rings. The largest absolute Gasteiger partial charge is 0.373 e. The molecule has 0 N–H and O–H groups in total. The number of Topliss-reactive ketones (excluding diaryl/α,β-unsaturated/α-hetero) is 1. The predicted molar refractivity (Wildman–Crippen MR) is 63.6 cm³/mol. The summed E-state index contributed by atoms with van der Waals surface area (Å²) in [6.45, 7) is 3.34. The Morgan fingerprint density at radius 3 is 2.88 bits per heavy atom. The number of rotatable bonds is 7. The van der Waals surface area contributed by atoms with Crippen LogP contribution in [0.2, 0.25) is 0 Å². The van der Waals surface area contributed by atoms with Gasteiger partial charge in [0.2, 0.25) is 0 Å². The van der Waals surface area contributed by atoms with E-state index in [1.807, 2.05) is 0 Å². The summed E-state index contributed by atoms with van der Waals surface area (Å²) in [6.07, 6.45) is 3.13. The van der Waals surface area contributed by atoms with Crippen LogP contribution in [0.25, 0.3) is 0 Å². The van der Waals surface area contributed by atoms with Crippen molar-refractivity contribution in [1.29, 1.82) is 0 Å². The number of thiocarbonyl (C=S) groups is 1. The highest BCUT2D eigenvalue weighted by Crippen LogP contribution is 2.13. The third kappa shape index (κ3) is 5.65. The average Bonchev–Trinajstić information content (AvgIpc) is 2.29. The molecule has 0 aromatic carbocycles. The normalized spacial score (nSPS) is 20.7. The molecule has 4 nitrogen and oxygen atoms in total. The Morgan fingerprint density at radius 2 is 2.25 bits per heavy atom. The molecule has 92 valence electrons. The van der Waals surface area contributed by atoms with E-state index >= 15 is 0 Å². The topological polar surface area (TPSA) is 44.8 Å². The van der Waals surface area contributed by atoms with Crippen molar-refractivity contribution in [2.45, 2.75) is 32.5 Å².